The van der Waals surface area contributed by atoms with Crippen molar-refractivity contribution in [3.05, 3.63) is 0 Å². The molecule has 1 nitrogen and oxygen atoms in total. The molecule has 17 heavy (non-hydrogen) atoms. The van der Waals surface area contributed by atoms with Crippen LogP contribution in [-0.2, 0) is 0 Å². The van der Waals surface area contributed by atoms with Crippen LogP contribution in [0.2, 0.25) is 0 Å². The van der Waals surface area contributed by atoms with Gasteiger partial charge in [0.15, 0.2) is 0 Å². The Hall–Kier alpha value is -0.460. The van der Waals surface area contributed by atoms with E-state index in [-0.39, 0.29) is 18.8 Å². The van der Waals surface area contributed by atoms with E-state index in [0.29, 0.717) is 6.42 Å². The second-order valence-electron chi connectivity index (χ2n) is 5.03. The Balaban J connectivity index is 2.26. The van der Waals surface area contributed by atoms with Gasteiger partial charge in [-0.25, -0.2) is 4.39 Å². The molecule has 2 bridgehead atoms. The SMILES string of the molecule is O[C@@]1(C(F)(F)C(F)C(F)(F)F)C[C@H]2CC[C@@H]1C2. The molecule has 0 heterocycles. The first-order valence-electron chi connectivity index (χ1n) is 5.40. The van der Waals surface area contributed by atoms with Crippen LogP contribution in [0.25, 0.3) is 0 Å². The largest absolute Gasteiger partial charge is 0.425 e. The highest BCUT2D eigenvalue weighted by molar-refractivity contribution is 5.11. The first-order chi connectivity index (χ1) is 7.59. The van der Waals surface area contributed by atoms with E-state index in [9.17, 15) is 31.4 Å². The van der Waals surface area contributed by atoms with Gasteiger partial charge < -0.3 is 5.11 Å². The molecule has 2 aliphatic rings. The molecule has 1 unspecified atom stereocenters. The molecule has 0 saturated heterocycles. The zero-order valence-electron chi connectivity index (χ0n) is 8.78. The Kier molecular flexibility index (Phi) is 2.69. The molecule has 2 aliphatic carbocycles. The summed E-state index contributed by atoms with van der Waals surface area (Å²) in [6.45, 7) is 0. The number of hydrogen-bond acceptors (Lipinski definition) is 1. The van der Waals surface area contributed by atoms with Crippen molar-refractivity contribution in [2.24, 2.45) is 11.8 Å². The maximum Gasteiger partial charge on any atom is 0.425 e. The summed E-state index contributed by atoms with van der Waals surface area (Å²) in [5, 5.41) is 9.75. The lowest BCUT2D eigenvalue weighted by atomic mass is 9.77. The highest BCUT2D eigenvalue weighted by atomic mass is 19.4. The number of halogens is 6. The molecule has 0 aromatic rings. The smallest absolute Gasteiger partial charge is 0.383 e. The Morgan fingerprint density at radius 2 is 1.71 bits per heavy atom. The summed E-state index contributed by atoms with van der Waals surface area (Å²) >= 11 is 0. The van der Waals surface area contributed by atoms with Crippen LogP contribution in [0.1, 0.15) is 25.7 Å². The molecular weight excluding hydrogens is 250 g/mol. The lowest BCUT2D eigenvalue weighted by Gasteiger charge is -2.40. The number of rotatable bonds is 2. The number of hydrogen-bond donors (Lipinski definition) is 1. The van der Waals surface area contributed by atoms with Gasteiger partial charge in [0.25, 0.3) is 6.17 Å². The fraction of sp³-hybridized carbons (Fsp3) is 1.00. The van der Waals surface area contributed by atoms with Crippen molar-refractivity contribution in [3.8, 4) is 0 Å². The van der Waals surface area contributed by atoms with E-state index in [2.05, 4.69) is 0 Å². The van der Waals surface area contributed by atoms with Gasteiger partial charge in [-0.15, -0.1) is 0 Å². The summed E-state index contributed by atoms with van der Waals surface area (Å²) in [4.78, 5) is 0. The minimum absolute atomic E-state index is 0.212. The lowest BCUT2D eigenvalue weighted by molar-refractivity contribution is -0.302. The summed E-state index contributed by atoms with van der Waals surface area (Å²) in [5.74, 6) is -5.91. The van der Waals surface area contributed by atoms with Crippen LogP contribution in [-0.4, -0.2) is 29.0 Å². The topological polar surface area (TPSA) is 20.2 Å². The molecule has 2 saturated carbocycles. The average molecular weight is 262 g/mol. The van der Waals surface area contributed by atoms with E-state index in [1.54, 1.807) is 0 Å². The van der Waals surface area contributed by atoms with Gasteiger partial charge in [0.2, 0.25) is 0 Å². The van der Waals surface area contributed by atoms with Crippen molar-refractivity contribution in [1.82, 2.24) is 0 Å². The fourth-order valence-corrected chi connectivity index (χ4v) is 3.13. The molecule has 0 aromatic heterocycles. The number of aliphatic hydroxyl groups is 1. The zero-order valence-corrected chi connectivity index (χ0v) is 8.78. The molecule has 0 spiro atoms. The highest BCUT2D eigenvalue weighted by Crippen LogP contribution is 2.58. The van der Waals surface area contributed by atoms with Crippen molar-refractivity contribution < 1.29 is 31.4 Å². The predicted molar refractivity (Wildman–Crippen MR) is 46.3 cm³/mol. The molecule has 0 aromatic carbocycles. The van der Waals surface area contributed by atoms with Crippen LogP contribution in [0.3, 0.4) is 0 Å². The van der Waals surface area contributed by atoms with Crippen molar-refractivity contribution in [1.29, 1.82) is 0 Å². The van der Waals surface area contributed by atoms with Crippen molar-refractivity contribution >= 4 is 0 Å². The van der Waals surface area contributed by atoms with Crippen LogP contribution >= 0.6 is 0 Å². The number of fused-ring (bicyclic) bond motifs is 2. The van der Waals surface area contributed by atoms with Gasteiger partial charge >= 0.3 is 12.1 Å². The summed E-state index contributed by atoms with van der Waals surface area (Å²) in [6, 6.07) is 0. The molecule has 0 aliphatic heterocycles. The van der Waals surface area contributed by atoms with Crippen molar-refractivity contribution in [2.45, 2.75) is 49.6 Å². The second-order valence-corrected chi connectivity index (χ2v) is 5.03. The average Bonchev–Trinajstić information content (AvgIpc) is 2.74. The van der Waals surface area contributed by atoms with Crippen LogP contribution in [0.4, 0.5) is 26.3 Å². The van der Waals surface area contributed by atoms with Gasteiger partial charge in [-0.3, -0.25) is 0 Å². The van der Waals surface area contributed by atoms with Crippen LogP contribution in [0.5, 0.6) is 0 Å². The molecule has 0 radical (unpaired) electrons. The molecular formula is C10H12F6O. The maximum atomic E-state index is 13.5. The summed E-state index contributed by atoms with van der Waals surface area (Å²) in [6.07, 6.45) is -9.29. The number of alkyl halides is 6. The van der Waals surface area contributed by atoms with Gasteiger partial charge in [-0.05, 0) is 37.5 Å². The van der Waals surface area contributed by atoms with Crippen LogP contribution < -0.4 is 0 Å². The Labute approximate surface area is 93.8 Å². The van der Waals surface area contributed by atoms with E-state index in [4.69, 9.17) is 0 Å². The summed E-state index contributed by atoms with van der Waals surface area (Å²) < 4.78 is 76.0. The molecule has 4 atom stereocenters. The van der Waals surface area contributed by atoms with Crippen LogP contribution in [0.15, 0.2) is 0 Å². The van der Waals surface area contributed by atoms with E-state index in [1.807, 2.05) is 0 Å². The van der Waals surface area contributed by atoms with E-state index < -0.39 is 36.2 Å². The predicted octanol–water partition coefficient (Wildman–Crippen LogP) is 3.07. The molecule has 0 amide bonds. The Bertz CT molecular complexity index is 314. The fourth-order valence-electron chi connectivity index (χ4n) is 3.13. The molecule has 2 fully saturated rings. The maximum absolute atomic E-state index is 13.5. The quantitative estimate of drug-likeness (QED) is 0.758. The molecule has 1 N–H and O–H groups in total. The Morgan fingerprint density at radius 3 is 2.06 bits per heavy atom. The standard InChI is InChI=1S/C10H12F6O/c11-7(10(14,15)16)9(12,13)8(17)4-5-1-2-6(8)3-5/h5-7,17H,1-4H2/t5-,6+,7?,8-/m0/s1. The minimum Gasteiger partial charge on any atom is -0.383 e. The molecule has 7 heteroatoms. The van der Waals surface area contributed by atoms with Gasteiger partial charge in [0.1, 0.15) is 5.60 Å². The van der Waals surface area contributed by atoms with E-state index in [1.165, 1.54) is 0 Å². The van der Waals surface area contributed by atoms with Crippen molar-refractivity contribution in [3.63, 3.8) is 0 Å². The normalized spacial score (nSPS) is 39.7. The lowest BCUT2D eigenvalue weighted by Crippen LogP contribution is -2.60. The third-order valence-electron chi connectivity index (χ3n) is 4.00. The highest BCUT2D eigenvalue weighted by Gasteiger charge is 2.71. The molecule has 2 rings (SSSR count). The first-order valence-corrected chi connectivity index (χ1v) is 5.40. The van der Waals surface area contributed by atoms with Gasteiger partial charge in [-0.2, -0.15) is 22.0 Å². The zero-order chi connectivity index (χ0) is 13.1. The monoisotopic (exact) mass is 262 g/mol. The minimum atomic E-state index is -5.65. The van der Waals surface area contributed by atoms with Crippen molar-refractivity contribution in [2.75, 3.05) is 0 Å². The van der Waals surface area contributed by atoms with Gasteiger partial charge in [0.05, 0.1) is 0 Å². The second kappa shape index (κ2) is 3.52. The summed E-state index contributed by atoms with van der Waals surface area (Å²) in [7, 11) is 0. The Morgan fingerprint density at radius 1 is 1.12 bits per heavy atom. The molecule has 100 valence electrons. The summed E-state index contributed by atoms with van der Waals surface area (Å²) in [5.41, 5.74) is -2.84. The first kappa shape index (κ1) is 13.0. The third-order valence-corrected chi connectivity index (χ3v) is 4.00. The third kappa shape index (κ3) is 1.73. The van der Waals surface area contributed by atoms with E-state index in [0.717, 1.165) is 0 Å². The van der Waals surface area contributed by atoms with E-state index >= 15 is 0 Å². The van der Waals surface area contributed by atoms with Gasteiger partial charge in [-0.1, -0.05) is 0 Å². The van der Waals surface area contributed by atoms with Crippen LogP contribution in [0, 0.1) is 11.8 Å². The van der Waals surface area contributed by atoms with Gasteiger partial charge in [0, 0.05) is 0 Å².